The SMILES string of the molecule is CC(C)(C)NC(=O)[C@@H]1CN(Cc2cc3cc(CO)cnc3o2)CCN1C[C@@H](O)C[C@@H](Cc1ccccc1)C(=O)N[C@H]1c2ccccc2C[C@H]1O. The van der Waals surface area contributed by atoms with Gasteiger partial charge in [0.25, 0.3) is 0 Å². The minimum Gasteiger partial charge on any atom is -0.441 e. The first-order valence-electron chi connectivity index (χ1n) is 17.5. The van der Waals surface area contributed by atoms with Crippen LogP contribution in [-0.2, 0) is 35.6 Å². The minimum atomic E-state index is -0.881. The summed E-state index contributed by atoms with van der Waals surface area (Å²) in [6.07, 6.45) is 1.11. The Hall–Kier alpha value is -4.13. The second-order valence-electron chi connectivity index (χ2n) is 14.8. The van der Waals surface area contributed by atoms with Gasteiger partial charge in [0.15, 0.2) is 0 Å². The van der Waals surface area contributed by atoms with Crippen LogP contribution >= 0.6 is 0 Å². The average molecular weight is 684 g/mol. The van der Waals surface area contributed by atoms with Gasteiger partial charge in [0.05, 0.1) is 31.4 Å². The molecule has 2 aromatic carbocycles. The molecule has 0 bridgehead atoms. The van der Waals surface area contributed by atoms with Crippen LogP contribution in [0.3, 0.4) is 0 Å². The number of aliphatic hydroxyl groups excluding tert-OH is 3. The molecule has 1 fully saturated rings. The van der Waals surface area contributed by atoms with E-state index >= 15 is 0 Å². The van der Waals surface area contributed by atoms with Crippen molar-refractivity contribution < 1.29 is 29.3 Å². The van der Waals surface area contributed by atoms with Crippen molar-refractivity contribution in [1.82, 2.24) is 25.4 Å². The maximum absolute atomic E-state index is 13.9. The third-order valence-corrected chi connectivity index (χ3v) is 9.62. The third kappa shape index (κ3) is 8.77. The third-order valence-electron chi connectivity index (χ3n) is 9.62. The first kappa shape index (κ1) is 35.7. The lowest BCUT2D eigenvalue weighted by Gasteiger charge is -2.42. The van der Waals surface area contributed by atoms with Crippen LogP contribution in [-0.4, -0.2) is 91.9 Å². The molecule has 2 amide bonds. The molecular weight excluding hydrogens is 634 g/mol. The quantitative estimate of drug-likeness (QED) is 0.152. The zero-order valence-corrected chi connectivity index (χ0v) is 29.1. The van der Waals surface area contributed by atoms with Crippen molar-refractivity contribution in [3.63, 3.8) is 0 Å². The maximum atomic E-state index is 13.9. The van der Waals surface area contributed by atoms with E-state index in [1.807, 2.05) is 92.4 Å². The molecule has 2 aliphatic rings. The molecule has 5 atom stereocenters. The topological polar surface area (TPSA) is 151 Å². The number of carbonyl (C=O) groups is 2. The summed E-state index contributed by atoms with van der Waals surface area (Å²) in [6, 6.07) is 20.2. The van der Waals surface area contributed by atoms with Crippen molar-refractivity contribution >= 4 is 22.9 Å². The van der Waals surface area contributed by atoms with Crippen molar-refractivity contribution in [3.05, 3.63) is 101 Å². The van der Waals surface area contributed by atoms with Gasteiger partial charge in [-0.15, -0.1) is 0 Å². The standard InChI is InChI=1S/C39H49N5O6/c1-39(2,3)42-37(49)33-23-43(22-31-18-29-16-26(24-45)20-40-38(29)50-31)13-14-44(33)21-30(46)17-28(15-25-9-5-4-6-10-25)36(48)41-35-32-12-8-7-11-27(32)19-34(35)47/h4-12,16,18,20,28,30,33-35,45-47H,13-15,17,19,21-24H2,1-3H3,(H,41,48)(H,42,49)/t28-,30+,33+,34-,35+/m1/s1. The Morgan fingerprint density at radius 3 is 2.56 bits per heavy atom. The molecule has 1 saturated heterocycles. The van der Waals surface area contributed by atoms with Gasteiger partial charge in [-0.25, -0.2) is 4.98 Å². The molecule has 11 nitrogen and oxygen atoms in total. The number of aliphatic hydroxyl groups is 3. The number of nitrogens with one attached hydrogen (secondary N) is 2. The molecule has 11 heteroatoms. The summed E-state index contributed by atoms with van der Waals surface area (Å²) in [7, 11) is 0. The fraction of sp³-hybridized carbons (Fsp3) is 0.462. The highest BCUT2D eigenvalue weighted by Crippen LogP contribution is 2.32. The van der Waals surface area contributed by atoms with Crippen LogP contribution in [0.15, 0.2) is 77.3 Å². The summed E-state index contributed by atoms with van der Waals surface area (Å²) >= 11 is 0. The molecule has 0 spiro atoms. The predicted molar refractivity (Wildman–Crippen MR) is 190 cm³/mol. The summed E-state index contributed by atoms with van der Waals surface area (Å²) in [4.78, 5) is 36.1. The van der Waals surface area contributed by atoms with E-state index < -0.39 is 35.7 Å². The summed E-state index contributed by atoms with van der Waals surface area (Å²) in [5.74, 6) is -0.174. The largest absolute Gasteiger partial charge is 0.441 e. The van der Waals surface area contributed by atoms with Crippen LogP contribution in [0.5, 0.6) is 0 Å². The van der Waals surface area contributed by atoms with E-state index in [1.54, 1.807) is 6.20 Å². The highest BCUT2D eigenvalue weighted by molar-refractivity contribution is 5.83. The summed E-state index contributed by atoms with van der Waals surface area (Å²) in [6.45, 7) is 8.04. The van der Waals surface area contributed by atoms with Crippen molar-refractivity contribution in [3.8, 4) is 0 Å². The van der Waals surface area contributed by atoms with E-state index in [2.05, 4.69) is 20.5 Å². The highest BCUT2D eigenvalue weighted by Gasteiger charge is 2.37. The number of β-amino-alcohol motifs (C(OH)–C–C–N with tert-alkyl or cyclic N) is 1. The van der Waals surface area contributed by atoms with Crippen LogP contribution in [0.4, 0.5) is 0 Å². The number of aromatic nitrogens is 1. The zero-order chi connectivity index (χ0) is 35.4. The first-order chi connectivity index (χ1) is 24.0. The van der Waals surface area contributed by atoms with Gasteiger partial charge in [-0.05, 0) is 68.0 Å². The normalized spacial score (nSPS) is 21.1. The molecule has 1 aliphatic carbocycles. The Bertz CT molecular complexity index is 1770. The number of pyridine rings is 1. The summed E-state index contributed by atoms with van der Waals surface area (Å²) in [5.41, 5.74) is 3.70. The number of furan rings is 1. The molecule has 266 valence electrons. The molecule has 0 radical (unpaired) electrons. The number of nitrogens with zero attached hydrogens (tertiary/aromatic N) is 3. The van der Waals surface area contributed by atoms with Crippen molar-refractivity contribution in [2.75, 3.05) is 26.2 Å². The van der Waals surface area contributed by atoms with E-state index in [9.17, 15) is 24.9 Å². The number of hydrogen-bond acceptors (Lipinski definition) is 9. The van der Waals surface area contributed by atoms with Crippen molar-refractivity contribution in [2.45, 2.75) is 83.0 Å². The Kier molecular flexibility index (Phi) is 11.0. The molecule has 2 aromatic heterocycles. The second kappa shape index (κ2) is 15.4. The van der Waals surface area contributed by atoms with E-state index in [0.717, 1.165) is 27.8 Å². The molecule has 6 rings (SSSR count). The van der Waals surface area contributed by atoms with Crippen LogP contribution < -0.4 is 10.6 Å². The number of amides is 2. The Morgan fingerprint density at radius 2 is 1.80 bits per heavy atom. The van der Waals surface area contributed by atoms with Crippen LogP contribution in [0.25, 0.3) is 11.1 Å². The molecule has 1 aliphatic heterocycles. The Morgan fingerprint density at radius 1 is 1.04 bits per heavy atom. The number of carbonyl (C=O) groups excluding carboxylic acids is 2. The van der Waals surface area contributed by atoms with Gasteiger partial charge in [0.2, 0.25) is 17.5 Å². The number of rotatable bonds is 12. The number of benzene rings is 2. The zero-order valence-electron chi connectivity index (χ0n) is 29.1. The number of fused-ring (bicyclic) bond motifs is 2. The lowest BCUT2D eigenvalue weighted by atomic mass is 9.91. The van der Waals surface area contributed by atoms with E-state index in [-0.39, 0.29) is 31.4 Å². The van der Waals surface area contributed by atoms with Gasteiger partial charge in [-0.1, -0.05) is 54.6 Å². The summed E-state index contributed by atoms with van der Waals surface area (Å²) < 4.78 is 5.98. The van der Waals surface area contributed by atoms with Crippen LogP contribution in [0.1, 0.15) is 61.2 Å². The smallest absolute Gasteiger partial charge is 0.239 e. The molecular formula is C39H49N5O6. The lowest BCUT2D eigenvalue weighted by Crippen LogP contribution is -2.61. The maximum Gasteiger partial charge on any atom is 0.239 e. The average Bonchev–Trinajstić information content (AvgIpc) is 3.63. The second-order valence-corrected chi connectivity index (χ2v) is 14.8. The van der Waals surface area contributed by atoms with Gasteiger partial charge in [0.1, 0.15) is 11.8 Å². The van der Waals surface area contributed by atoms with E-state index in [1.165, 1.54) is 0 Å². The fourth-order valence-corrected chi connectivity index (χ4v) is 7.23. The molecule has 0 unspecified atom stereocenters. The Balaban J connectivity index is 1.15. The highest BCUT2D eigenvalue weighted by atomic mass is 16.3. The minimum absolute atomic E-state index is 0.0995. The van der Waals surface area contributed by atoms with Gasteiger partial charge in [-0.3, -0.25) is 19.4 Å². The first-order valence-corrected chi connectivity index (χ1v) is 17.5. The van der Waals surface area contributed by atoms with Crippen molar-refractivity contribution in [2.24, 2.45) is 5.92 Å². The molecule has 3 heterocycles. The fourth-order valence-electron chi connectivity index (χ4n) is 7.23. The van der Waals surface area contributed by atoms with E-state index in [0.29, 0.717) is 50.3 Å². The van der Waals surface area contributed by atoms with Crippen LogP contribution in [0.2, 0.25) is 0 Å². The van der Waals surface area contributed by atoms with Crippen LogP contribution in [0, 0.1) is 5.92 Å². The van der Waals surface area contributed by atoms with Crippen molar-refractivity contribution in [1.29, 1.82) is 0 Å². The number of hydrogen-bond donors (Lipinski definition) is 5. The summed E-state index contributed by atoms with van der Waals surface area (Å²) in [5, 5.41) is 38.9. The van der Waals surface area contributed by atoms with Gasteiger partial charge < -0.3 is 30.4 Å². The lowest BCUT2D eigenvalue weighted by molar-refractivity contribution is -0.132. The molecule has 0 saturated carbocycles. The molecule has 50 heavy (non-hydrogen) atoms. The van der Waals surface area contributed by atoms with Gasteiger partial charge >= 0.3 is 0 Å². The molecule has 5 N–H and O–H groups in total. The van der Waals surface area contributed by atoms with Gasteiger partial charge in [-0.2, -0.15) is 0 Å². The monoisotopic (exact) mass is 683 g/mol. The Labute approximate surface area is 293 Å². The van der Waals surface area contributed by atoms with Gasteiger partial charge in [0, 0.05) is 55.6 Å². The predicted octanol–water partition coefficient (Wildman–Crippen LogP) is 3.11. The number of piperazine rings is 1. The van der Waals surface area contributed by atoms with E-state index in [4.69, 9.17) is 4.42 Å². The molecule has 4 aromatic rings.